The second-order valence-corrected chi connectivity index (χ2v) is 5.58. The smallest absolute Gasteiger partial charge is 0.0871 e. The number of rotatable bonds is 4. The van der Waals surface area contributed by atoms with Crippen molar-refractivity contribution in [2.45, 2.75) is 45.3 Å². The highest BCUT2D eigenvalue weighted by Gasteiger charge is 2.20. The first-order valence-electron chi connectivity index (χ1n) is 5.68. The second-order valence-electron chi connectivity index (χ2n) is 5.58. The molecule has 0 spiro atoms. The van der Waals surface area contributed by atoms with E-state index in [0.717, 1.165) is 6.42 Å². The molecule has 0 amide bonds. The molecule has 2 nitrogen and oxygen atoms in total. The minimum Gasteiger partial charge on any atom is -0.374 e. The molecule has 90 valence electrons. The van der Waals surface area contributed by atoms with Crippen molar-refractivity contribution >= 4 is 0 Å². The predicted molar refractivity (Wildman–Crippen MR) is 68.4 cm³/mol. The molecule has 0 aromatic heterocycles. The Labute approximate surface area is 98.8 Å². The molecule has 1 rings (SSSR count). The average Bonchev–Trinajstić information content (AvgIpc) is 2.15. The zero-order chi connectivity index (χ0) is 12.4. The first-order chi connectivity index (χ1) is 7.24. The molecule has 0 atom stereocenters. The highest BCUT2D eigenvalue weighted by Crippen LogP contribution is 2.25. The van der Waals surface area contributed by atoms with Gasteiger partial charge in [0.25, 0.3) is 0 Å². The van der Waals surface area contributed by atoms with E-state index in [1.165, 1.54) is 11.1 Å². The maximum atomic E-state index is 6.03. The first kappa shape index (κ1) is 13.2. The van der Waals surface area contributed by atoms with Crippen LogP contribution in [0.3, 0.4) is 0 Å². The van der Waals surface area contributed by atoms with Crippen molar-refractivity contribution in [3.63, 3.8) is 0 Å². The lowest BCUT2D eigenvalue weighted by Crippen LogP contribution is -2.34. The van der Waals surface area contributed by atoms with Crippen LogP contribution in [0, 0.1) is 0 Å². The van der Waals surface area contributed by atoms with Gasteiger partial charge in [0.15, 0.2) is 0 Å². The standard InChI is InChI=1S/C14H23NO/c1-13(2,15)10-11-7-6-8-12(9-11)14(3,4)16-5/h6-9H,10,15H2,1-5H3. The van der Waals surface area contributed by atoms with Gasteiger partial charge in [0.1, 0.15) is 0 Å². The molecule has 1 aromatic rings. The van der Waals surface area contributed by atoms with Gasteiger partial charge in [-0.25, -0.2) is 0 Å². The molecule has 0 aliphatic carbocycles. The maximum absolute atomic E-state index is 6.03. The van der Waals surface area contributed by atoms with Crippen LogP contribution >= 0.6 is 0 Å². The van der Waals surface area contributed by atoms with Gasteiger partial charge in [0.05, 0.1) is 5.60 Å². The van der Waals surface area contributed by atoms with Gasteiger partial charge in [-0.3, -0.25) is 0 Å². The van der Waals surface area contributed by atoms with E-state index in [9.17, 15) is 0 Å². The highest BCUT2D eigenvalue weighted by molar-refractivity contribution is 5.28. The van der Waals surface area contributed by atoms with Crippen molar-refractivity contribution in [3.8, 4) is 0 Å². The molecule has 0 fully saturated rings. The number of methoxy groups -OCH3 is 1. The van der Waals surface area contributed by atoms with Crippen LogP contribution in [0.2, 0.25) is 0 Å². The van der Waals surface area contributed by atoms with E-state index < -0.39 is 0 Å². The lowest BCUT2D eigenvalue weighted by atomic mass is 9.91. The van der Waals surface area contributed by atoms with Crippen molar-refractivity contribution in [1.29, 1.82) is 0 Å². The quantitative estimate of drug-likeness (QED) is 0.848. The molecule has 0 aliphatic heterocycles. The van der Waals surface area contributed by atoms with Crippen LogP contribution in [0.25, 0.3) is 0 Å². The van der Waals surface area contributed by atoms with Crippen LogP contribution in [-0.2, 0) is 16.8 Å². The largest absolute Gasteiger partial charge is 0.374 e. The molecule has 0 aliphatic rings. The summed E-state index contributed by atoms with van der Waals surface area (Å²) in [5.41, 5.74) is 8.07. The molecule has 0 saturated carbocycles. The monoisotopic (exact) mass is 221 g/mol. The van der Waals surface area contributed by atoms with Crippen LogP contribution in [-0.4, -0.2) is 12.6 Å². The van der Waals surface area contributed by atoms with Crippen LogP contribution in [0.4, 0.5) is 0 Å². The van der Waals surface area contributed by atoms with Crippen LogP contribution in [0.1, 0.15) is 38.8 Å². The Hall–Kier alpha value is -0.860. The van der Waals surface area contributed by atoms with Gasteiger partial charge < -0.3 is 10.5 Å². The zero-order valence-corrected chi connectivity index (χ0v) is 11.0. The minimum absolute atomic E-state index is 0.171. The SMILES string of the molecule is COC(C)(C)c1cccc(CC(C)(C)N)c1. The molecule has 16 heavy (non-hydrogen) atoms. The Morgan fingerprint density at radius 1 is 1.19 bits per heavy atom. The molecular weight excluding hydrogens is 198 g/mol. The summed E-state index contributed by atoms with van der Waals surface area (Å²) in [6.07, 6.45) is 0.876. The van der Waals surface area contributed by atoms with Gasteiger partial charge in [-0.05, 0) is 45.2 Å². The van der Waals surface area contributed by atoms with Crippen LogP contribution < -0.4 is 5.73 Å². The average molecular weight is 221 g/mol. The lowest BCUT2D eigenvalue weighted by Gasteiger charge is -2.25. The molecule has 0 bridgehead atoms. The minimum atomic E-state index is -0.241. The third-order valence-corrected chi connectivity index (χ3v) is 2.79. The number of nitrogens with two attached hydrogens (primary N) is 1. The Morgan fingerprint density at radius 2 is 1.81 bits per heavy atom. The fraction of sp³-hybridized carbons (Fsp3) is 0.571. The number of hydrogen-bond acceptors (Lipinski definition) is 2. The summed E-state index contributed by atoms with van der Waals surface area (Å²) in [6.45, 7) is 8.22. The fourth-order valence-electron chi connectivity index (χ4n) is 1.70. The summed E-state index contributed by atoms with van der Waals surface area (Å²) >= 11 is 0. The predicted octanol–water partition coefficient (Wildman–Crippen LogP) is 2.85. The Kier molecular flexibility index (Phi) is 3.76. The van der Waals surface area contributed by atoms with E-state index in [4.69, 9.17) is 10.5 Å². The lowest BCUT2D eigenvalue weighted by molar-refractivity contribution is 0.0191. The Balaban J connectivity index is 2.96. The zero-order valence-electron chi connectivity index (χ0n) is 11.0. The van der Waals surface area contributed by atoms with E-state index in [2.05, 4.69) is 38.1 Å². The molecule has 2 N–H and O–H groups in total. The van der Waals surface area contributed by atoms with Crippen LogP contribution in [0.5, 0.6) is 0 Å². The summed E-state index contributed by atoms with van der Waals surface area (Å²) in [5.74, 6) is 0. The molecule has 0 saturated heterocycles. The summed E-state index contributed by atoms with van der Waals surface area (Å²) in [6, 6.07) is 8.45. The molecule has 0 radical (unpaired) electrons. The van der Waals surface area contributed by atoms with Crippen molar-refractivity contribution < 1.29 is 4.74 Å². The van der Waals surface area contributed by atoms with Crippen molar-refractivity contribution in [1.82, 2.24) is 0 Å². The maximum Gasteiger partial charge on any atom is 0.0871 e. The normalized spacial score (nSPS) is 12.9. The van der Waals surface area contributed by atoms with Gasteiger partial charge in [-0.15, -0.1) is 0 Å². The third kappa shape index (κ3) is 3.62. The van der Waals surface area contributed by atoms with Gasteiger partial charge >= 0.3 is 0 Å². The van der Waals surface area contributed by atoms with E-state index in [-0.39, 0.29) is 11.1 Å². The Bertz CT molecular complexity index is 350. The Morgan fingerprint density at radius 3 is 2.31 bits per heavy atom. The van der Waals surface area contributed by atoms with E-state index in [1.807, 2.05) is 13.8 Å². The second kappa shape index (κ2) is 4.56. The van der Waals surface area contributed by atoms with E-state index in [1.54, 1.807) is 7.11 Å². The molecule has 1 aromatic carbocycles. The molecule has 0 unspecified atom stereocenters. The number of ether oxygens (including phenoxy) is 1. The van der Waals surface area contributed by atoms with Gasteiger partial charge in [0, 0.05) is 12.6 Å². The summed E-state index contributed by atoms with van der Waals surface area (Å²) in [7, 11) is 1.74. The summed E-state index contributed by atoms with van der Waals surface area (Å²) in [5, 5.41) is 0. The van der Waals surface area contributed by atoms with E-state index >= 15 is 0 Å². The van der Waals surface area contributed by atoms with Crippen LogP contribution in [0.15, 0.2) is 24.3 Å². The molecule has 2 heteroatoms. The van der Waals surface area contributed by atoms with Gasteiger partial charge in [-0.2, -0.15) is 0 Å². The van der Waals surface area contributed by atoms with Crippen molar-refractivity contribution in [2.75, 3.05) is 7.11 Å². The summed E-state index contributed by atoms with van der Waals surface area (Å²) < 4.78 is 5.48. The third-order valence-electron chi connectivity index (χ3n) is 2.79. The van der Waals surface area contributed by atoms with Crippen molar-refractivity contribution in [3.05, 3.63) is 35.4 Å². The van der Waals surface area contributed by atoms with Gasteiger partial charge in [0.2, 0.25) is 0 Å². The fourth-order valence-corrected chi connectivity index (χ4v) is 1.70. The highest BCUT2D eigenvalue weighted by atomic mass is 16.5. The first-order valence-corrected chi connectivity index (χ1v) is 5.68. The number of hydrogen-bond donors (Lipinski definition) is 1. The number of benzene rings is 1. The topological polar surface area (TPSA) is 35.2 Å². The summed E-state index contributed by atoms with van der Waals surface area (Å²) in [4.78, 5) is 0. The molecule has 0 heterocycles. The van der Waals surface area contributed by atoms with Gasteiger partial charge in [-0.1, -0.05) is 24.3 Å². The molecular formula is C14H23NO. The van der Waals surface area contributed by atoms with E-state index in [0.29, 0.717) is 0 Å². The van der Waals surface area contributed by atoms with Crippen molar-refractivity contribution in [2.24, 2.45) is 5.73 Å².